The topological polar surface area (TPSA) is 102 Å². The van der Waals surface area contributed by atoms with Crippen LogP contribution in [0.3, 0.4) is 0 Å². The second-order valence-electron chi connectivity index (χ2n) is 6.38. The molecule has 0 aliphatic carbocycles. The fourth-order valence-electron chi connectivity index (χ4n) is 3.33. The van der Waals surface area contributed by atoms with Crippen LogP contribution in [-0.2, 0) is 4.74 Å². The Bertz CT molecular complexity index is 830. The molecule has 0 N–H and O–H groups in total. The monoisotopic (exact) mass is 371 g/mol. The molecule has 1 aliphatic heterocycles. The van der Waals surface area contributed by atoms with E-state index in [9.17, 15) is 14.9 Å². The SMILES string of the molecule is COC(=O)c1cc(N(C)C2CCCN(c3cccnn3)C2)ccc1[N+](=O)[O-]. The van der Waals surface area contributed by atoms with Crippen LogP contribution in [0.15, 0.2) is 36.5 Å². The molecule has 0 radical (unpaired) electrons. The number of piperidine rings is 1. The lowest BCUT2D eigenvalue weighted by Crippen LogP contribution is -2.47. The molecule has 2 heterocycles. The molecule has 142 valence electrons. The quantitative estimate of drug-likeness (QED) is 0.448. The molecule has 0 bridgehead atoms. The Hall–Kier alpha value is -3.23. The summed E-state index contributed by atoms with van der Waals surface area (Å²) in [5.41, 5.74) is 0.421. The van der Waals surface area contributed by atoms with Crippen LogP contribution in [-0.4, -0.2) is 54.4 Å². The minimum atomic E-state index is -0.721. The first-order valence-corrected chi connectivity index (χ1v) is 8.63. The lowest BCUT2D eigenvalue weighted by molar-refractivity contribution is -0.385. The number of aromatic nitrogens is 2. The Morgan fingerprint density at radius 2 is 2.22 bits per heavy atom. The van der Waals surface area contributed by atoms with Crippen molar-refractivity contribution in [3.05, 3.63) is 52.2 Å². The summed E-state index contributed by atoms with van der Waals surface area (Å²) in [6, 6.07) is 8.48. The van der Waals surface area contributed by atoms with Crippen molar-refractivity contribution < 1.29 is 14.5 Å². The van der Waals surface area contributed by atoms with Crippen molar-refractivity contribution in [3.63, 3.8) is 0 Å². The second kappa shape index (κ2) is 7.98. The number of ether oxygens (including phenoxy) is 1. The summed E-state index contributed by atoms with van der Waals surface area (Å²) >= 11 is 0. The zero-order valence-electron chi connectivity index (χ0n) is 15.2. The third-order valence-corrected chi connectivity index (χ3v) is 4.82. The largest absolute Gasteiger partial charge is 0.465 e. The van der Waals surface area contributed by atoms with Gasteiger partial charge in [0.2, 0.25) is 0 Å². The highest BCUT2D eigenvalue weighted by atomic mass is 16.6. The summed E-state index contributed by atoms with van der Waals surface area (Å²) in [6.45, 7) is 1.65. The number of nitro benzene ring substituents is 1. The van der Waals surface area contributed by atoms with Crippen molar-refractivity contribution in [2.75, 3.05) is 37.0 Å². The zero-order valence-corrected chi connectivity index (χ0v) is 15.2. The van der Waals surface area contributed by atoms with Crippen LogP contribution < -0.4 is 9.80 Å². The number of hydrogen-bond donors (Lipinski definition) is 0. The van der Waals surface area contributed by atoms with E-state index in [0.717, 1.165) is 37.4 Å². The Balaban J connectivity index is 1.83. The molecule has 27 heavy (non-hydrogen) atoms. The third kappa shape index (κ3) is 3.97. The van der Waals surface area contributed by atoms with Crippen LogP contribution in [0.5, 0.6) is 0 Å². The lowest BCUT2D eigenvalue weighted by atomic mass is 10.0. The van der Waals surface area contributed by atoms with Gasteiger partial charge < -0.3 is 14.5 Å². The highest BCUT2D eigenvalue weighted by Crippen LogP contribution is 2.28. The van der Waals surface area contributed by atoms with Gasteiger partial charge in [0.25, 0.3) is 5.69 Å². The van der Waals surface area contributed by atoms with Crippen LogP contribution in [0.1, 0.15) is 23.2 Å². The van der Waals surface area contributed by atoms with Crippen molar-refractivity contribution in [3.8, 4) is 0 Å². The van der Waals surface area contributed by atoms with E-state index in [4.69, 9.17) is 4.74 Å². The molecule has 1 saturated heterocycles. The maximum absolute atomic E-state index is 12.0. The van der Waals surface area contributed by atoms with Crippen LogP contribution in [0.4, 0.5) is 17.2 Å². The van der Waals surface area contributed by atoms with E-state index in [-0.39, 0.29) is 17.3 Å². The molecule has 0 saturated carbocycles. The Labute approximate surface area is 156 Å². The van der Waals surface area contributed by atoms with Crippen molar-refractivity contribution >= 4 is 23.2 Å². The van der Waals surface area contributed by atoms with Gasteiger partial charge in [-0.15, -0.1) is 5.10 Å². The zero-order chi connectivity index (χ0) is 19.4. The number of benzene rings is 1. The van der Waals surface area contributed by atoms with E-state index in [1.165, 1.54) is 19.2 Å². The first kappa shape index (κ1) is 18.6. The number of nitro groups is 1. The van der Waals surface area contributed by atoms with Crippen molar-refractivity contribution in [1.29, 1.82) is 0 Å². The van der Waals surface area contributed by atoms with E-state index in [1.54, 1.807) is 12.3 Å². The van der Waals surface area contributed by atoms with E-state index >= 15 is 0 Å². The molecule has 1 atom stereocenters. The molecule has 1 fully saturated rings. The van der Waals surface area contributed by atoms with Gasteiger partial charge >= 0.3 is 5.97 Å². The maximum atomic E-state index is 12.0. The molecule has 0 spiro atoms. The summed E-state index contributed by atoms with van der Waals surface area (Å²) < 4.78 is 4.70. The van der Waals surface area contributed by atoms with Crippen LogP contribution in [0, 0.1) is 10.1 Å². The highest BCUT2D eigenvalue weighted by Gasteiger charge is 2.27. The molecule has 3 rings (SSSR count). The van der Waals surface area contributed by atoms with Gasteiger partial charge in [0, 0.05) is 44.1 Å². The average molecular weight is 371 g/mol. The number of nitrogens with zero attached hydrogens (tertiary/aromatic N) is 5. The van der Waals surface area contributed by atoms with Gasteiger partial charge in [0.1, 0.15) is 5.56 Å². The van der Waals surface area contributed by atoms with Crippen LogP contribution >= 0.6 is 0 Å². The number of carbonyl (C=O) groups is 1. The highest BCUT2D eigenvalue weighted by molar-refractivity contribution is 5.95. The van der Waals surface area contributed by atoms with Crippen molar-refractivity contribution in [2.24, 2.45) is 0 Å². The van der Waals surface area contributed by atoms with Crippen molar-refractivity contribution in [1.82, 2.24) is 10.2 Å². The summed E-state index contributed by atoms with van der Waals surface area (Å²) in [7, 11) is 3.13. The van der Waals surface area contributed by atoms with E-state index in [2.05, 4.69) is 15.1 Å². The first-order valence-electron chi connectivity index (χ1n) is 8.63. The molecule has 2 aromatic rings. The second-order valence-corrected chi connectivity index (χ2v) is 6.38. The molecular weight excluding hydrogens is 350 g/mol. The fraction of sp³-hybridized carbons (Fsp3) is 0.389. The fourth-order valence-corrected chi connectivity index (χ4v) is 3.33. The van der Waals surface area contributed by atoms with Crippen LogP contribution in [0.25, 0.3) is 0 Å². The number of likely N-dealkylation sites (N-methyl/N-ethyl adjacent to an activating group) is 1. The molecule has 1 aromatic heterocycles. The molecule has 9 heteroatoms. The number of hydrogen-bond acceptors (Lipinski definition) is 8. The van der Waals surface area contributed by atoms with Gasteiger partial charge in [-0.3, -0.25) is 10.1 Å². The minimum Gasteiger partial charge on any atom is -0.465 e. The predicted octanol–water partition coefficient (Wildman–Crippen LogP) is 2.28. The number of rotatable bonds is 5. The van der Waals surface area contributed by atoms with E-state index in [1.807, 2.05) is 24.1 Å². The summed E-state index contributed by atoms with van der Waals surface area (Å²) in [4.78, 5) is 26.8. The standard InChI is InChI=1S/C18H21N5O4/c1-21(13-7-8-16(23(25)26)15(11-13)18(24)27-2)14-5-4-10-22(12-14)17-6-3-9-19-20-17/h3,6-9,11,14H,4-5,10,12H2,1-2H3. The van der Waals surface area contributed by atoms with Gasteiger partial charge in [-0.05, 0) is 37.1 Å². The average Bonchev–Trinajstić information content (AvgIpc) is 2.72. The number of carbonyl (C=O) groups excluding carboxylic acids is 1. The maximum Gasteiger partial charge on any atom is 0.344 e. The number of esters is 1. The molecule has 1 aliphatic rings. The Kier molecular flexibility index (Phi) is 5.49. The van der Waals surface area contributed by atoms with E-state index in [0.29, 0.717) is 0 Å². The molecule has 1 unspecified atom stereocenters. The predicted molar refractivity (Wildman–Crippen MR) is 100 cm³/mol. The number of methoxy groups -OCH3 is 1. The lowest BCUT2D eigenvalue weighted by Gasteiger charge is -2.39. The Morgan fingerprint density at radius 1 is 1.41 bits per heavy atom. The Morgan fingerprint density at radius 3 is 2.89 bits per heavy atom. The van der Waals surface area contributed by atoms with Gasteiger partial charge in [-0.2, -0.15) is 5.10 Å². The first-order chi connectivity index (χ1) is 13.0. The summed E-state index contributed by atoms with van der Waals surface area (Å²) in [5, 5.41) is 19.3. The summed E-state index contributed by atoms with van der Waals surface area (Å²) in [5.74, 6) is 0.108. The third-order valence-electron chi connectivity index (χ3n) is 4.82. The van der Waals surface area contributed by atoms with Gasteiger partial charge in [-0.25, -0.2) is 4.79 Å². The minimum absolute atomic E-state index is 0.0477. The van der Waals surface area contributed by atoms with Crippen LogP contribution in [0.2, 0.25) is 0 Å². The van der Waals surface area contributed by atoms with E-state index < -0.39 is 10.9 Å². The molecule has 1 aromatic carbocycles. The summed E-state index contributed by atoms with van der Waals surface area (Å²) in [6.07, 6.45) is 3.60. The molecular formula is C18H21N5O4. The van der Waals surface area contributed by atoms with Crippen molar-refractivity contribution in [2.45, 2.75) is 18.9 Å². The molecule has 0 amide bonds. The smallest absolute Gasteiger partial charge is 0.344 e. The van der Waals surface area contributed by atoms with Gasteiger partial charge in [-0.1, -0.05) is 0 Å². The normalized spacial score (nSPS) is 16.7. The number of anilines is 2. The van der Waals surface area contributed by atoms with Gasteiger partial charge in [0.15, 0.2) is 5.82 Å². The van der Waals surface area contributed by atoms with Gasteiger partial charge in [0.05, 0.1) is 12.0 Å². The molecule has 9 nitrogen and oxygen atoms in total.